The number of hydrogen-bond donors (Lipinski definition) is 1. The molecule has 0 radical (unpaired) electrons. The van der Waals surface area contributed by atoms with Gasteiger partial charge in [0.25, 0.3) is 0 Å². The second-order valence-corrected chi connectivity index (χ2v) is 6.95. The van der Waals surface area contributed by atoms with Crippen molar-refractivity contribution in [2.24, 2.45) is 5.41 Å². The van der Waals surface area contributed by atoms with E-state index in [0.717, 1.165) is 52.1 Å². The minimum atomic E-state index is 0.362. The lowest BCUT2D eigenvalue weighted by molar-refractivity contribution is 0.0147. The van der Waals surface area contributed by atoms with Gasteiger partial charge in [0, 0.05) is 50.9 Å². The van der Waals surface area contributed by atoms with E-state index in [1.165, 1.54) is 17.2 Å². The molecule has 0 bridgehead atoms. The Labute approximate surface area is 121 Å². The molecule has 4 nitrogen and oxygen atoms in total. The van der Waals surface area contributed by atoms with Gasteiger partial charge in [0.2, 0.25) is 0 Å². The lowest BCUT2D eigenvalue weighted by Gasteiger charge is -2.35. The number of imidazole rings is 1. The number of fused-ring (bicyclic) bond motifs is 1. The molecule has 4 heteroatoms. The number of nitrogens with zero attached hydrogens (tertiary/aromatic N) is 2. The number of ether oxygens (including phenoxy) is 1. The maximum absolute atomic E-state index is 5.54. The van der Waals surface area contributed by atoms with E-state index in [1.54, 1.807) is 0 Å². The van der Waals surface area contributed by atoms with Crippen LogP contribution in [0.5, 0.6) is 0 Å². The van der Waals surface area contributed by atoms with Crippen LogP contribution in [0.3, 0.4) is 0 Å². The zero-order chi connectivity index (χ0) is 14.2. The summed E-state index contributed by atoms with van der Waals surface area (Å²) in [6.07, 6.45) is 3.44. The highest BCUT2D eigenvalue weighted by Crippen LogP contribution is 2.34. The molecule has 20 heavy (non-hydrogen) atoms. The average molecular weight is 277 g/mol. The van der Waals surface area contributed by atoms with E-state index in [1.807, 2.05) is 0 Å². The minimum Gasteiger partial charge on any atom is -0.381 e. The van der Waals surface area contributed by atoms with Crippen molar-refractivity contribution < 1.29 is 4.74 Å². The molecular weight excluding hydrogens is 250 g/mol. The van der Waals surface area contributed by atoms with Crippen LogP contribution < -0.4 is 5.32 Å². The third-order valence-electron chi connectivity index (χ3n) is 4.77. The zero-order valence-corrected chi connectivity index (χ0v) is 13.0. The predicted molar refractivity (Wildman–Crippen MR) is 79.9 cm³/mol. The molecule has 1 aromatic rings. The van der Waals surface area contributed by atoms with Crippen molar-refractivity contribution in [3.63, 3.8) is 0 Å². The monoisotopic (exact) mass is 277 g/mol. The van der Waals surface area contributed by atoms with Gasteiger partial charge < -0.3 is 14.6 Å². The van der Waals surface area contributed by atoms with Gasteiger partial charge in [0.1, 0.15) is 5.82 Å². The van der Waals surface area contributed by atoms with E-state index in [2.05, 4.69) is 30.7 Å². The summed E-state index contributed by atoms with van der Waals surface area (Å²) >= 11 is 0. The van der Waals surface area contributed by atoms with Crippen LogP contribution in [-0.2, 0) is 24.2 Å². The summed E-state index contributed by atoms with van der Waals surface area (Å²) in [6.45, 7) is 11.9. The first-order valence-corrected chi connectivity index (χ1v) is 7.96. The van der Waals surface area contributed by atoms with Crippen molar-refractivity contribution in [3.05, 3.63) is 17.2 Å². The van der Waals surface area contributed by atoms with Crippen molar-refractivity contribution >= 4 is 0 Å². The van der Waals surface area contributed by atoms with Crippen molar-refractivity contribution in [1.82, 2.24) is 14.9 Å². The molecule has 0 spiro atoms. The van der Waals surface area contributed by atoms with Crippen LogP contribution in [0.15, 0.2) is 0 Å². The van der Waals surface area contributed by atoms with Gasteiger partial charge in [-0.1, -0.05) is 20.8 Å². The highest BCUT2D eigenvalue weighted by Gasteiger charge is 2.31. The molecule has 1 fully saturated rings. The van der Waals surface area contributed by atoms with Gasteiger partial charge in [-0.2, -0.15) is 0 Å². The summed E-state index contributed by atoms with van der Waals surface area (Å²) in [5.74, 6) is 1.76. The van der Waals surface area contributed by atoms with E-state index < -0.39 is 0 Å². The SMILES string of the molecule is CC(C)c1nc2c(n1CC1(C)CCOCC1)CCNC2. The van der Waals surface area contributed by atoms with Gasteiger partial charge >= 0.3 is 0 Å². The third-order valence-corrected chi connectivity index (χ3v) is 4.77. The number of hydrogen-bond acceptors (Lipinski definition) is 3. The molecular formula is C16H27N3O. The normalized spacial score (nSPS) is 22.0. The largest absolute Gasteiger partial charge is 0.381 e. The van der Waals surface area contributed by atoms with Crippen molar-refractivity contribution in [2.75, 3.05) is 19.8 Å². The lowest BCUT2D eigenvalue weighted by Crippen LogP contribution is -2.33. The zero-order valence-electron chi connectivity index (χ0n) is 13.0. The summed E-state index contributed by atoms with van der Waals surface area (Å²) in [4.78, 5) is 4.92. The third kappa shape index (κ3) is 2.63. The van der Waals surface area contributed by atoms with Crippen LogP contribution in [0.25, 0.3) is 0 Å². The van der Waals surface area contributed by atoms with E-state index in [-0.39, 0.29) is 0 Å². The maximum Gasteiger partial charge on any atom is 0.111 e. The van der Waals surface area contributed by atoms with Gasteiger partial charge in [-0.25, -0.2) is 4.98 Å². The number of aromatic nitrogens is 2. The maximum atomic E-state index is 5.54. The lowest BCUT2D eigenvalue weighted by atomic mass is 9.82. The number of nitrogens with one attached hydrogen (secondary N) is 1. The first-order chi connectivity index (χ1) is 9.59. The van der Waals surface area contributed by atoms with Crippen LogP contribution >= 0.6 is 0 Å². The van der Waals surface area contributed by atoms with Gasteiger partial charge in [0.15, 0.2) is 0 Å². The summed E-state index contributed by atoms with van der Waals surface area (Å²) in [5.41, 5.74) is 3.11. The molecule has 3 heterocycles. The van der Waals surface area contributed by atoms with Gasteiger partial charge in [-0.05, 0) is 18.3 Å². The highest BCUT2D eigenvalue weighted by molar-refractivity contribution is 5.22. The summed E-state index contributed by atoms with van der Waals surface area (Å²) in [6, 6.07) is 0. The fraction of sp³-hybridized carbons (Fsp3) is 0.812. The second-order valence-electron chi connectivity index (χ2n) is 6.95. The van der Waals surface area contributed by atoms with Crippen molar-refractivity contribution in [3.8, 4) is 0 Å². The van der Waals surface area contributed by atoms with E-state index in [4.69, 9.17) is 9.72 Å². The molecule has 1 aromatic heterocycles. The molecule has 0 aliphatic carbocycles. The Morgan fingerprint density at radius 2 is 2.10 bits per heavy atom. The van der Waals surface area contributed by atoms with Crippen LogP contribution in [0.4, 0.5) is 0 Å². The molecule has 3 rings (SSSR count). The highest BCUT2D eigenvalue weighted by atomic mass is 16.5. The molecule has 1 N–H and O–H groups in total. The van der Waals surface area contributed by atoms with Crippen LogP contribution in [-0.4, -0.2) is 29.3 Å². The van der Waals surface area contributed by atoms with Crippen molar-refractivity contribution in [1.29, 1.82) is 0 Å². The Morgan fingerprint density at radius 1 is 1.35 bits per heavy atom. The fourth-order valence-corrected chi connectivity index (χ4v) is 3.41. The van der Waals surface area contributed by atoms with E-state index in [0.29, 0.717) is 11.3 Å². The average Bonchev–Trinajstić information content (AvgIpc) is 2.78. The summed E-state index contributed by atoms with van der Waals surface area (Å²) in [5, 5.41) is 3.44. The standard InChI is InChI=1S/C16H27N3O/c1-12(2)15-18-13-10-17-7-4-14(13)19(15)11-16(3)5-8-20-9-6-16/h12,17H,4-11H2,1-3H3. The minimum absolute atomic E-state index is 0.362. The number of rotatable bonds is 3. The Balaban J connectivity index is 1.92. The Bertz CT molecular complexity index is 472. The molecule has 2 aliphatic heterocycles. The quantitative estimate of drug-likeness (QED) is 0.922. The fourth-order valence-electron chi connectivity index (χ4n) is 3.41. The van der Waals surface area contributed by atoms with Crippen LogP contribution in [0.2, 0.25) is 0 Å². The summed E-state index contributed by atoms with van der Waals surface area (Å²) < 4.78 is 8.07. The second kappa shape index (κ2) is 5.49. The van der Waals surface area contributed by atoms with E-state index in [9.17, 15) is 0 Å². The predicted octanol–water partition coefficient (Wildman–Crippen LogP) is 2.47. The molecule has 2 aliphatic rings. The molecule has 112 valence electrons. The first kappa shape index (κ1) is 14.1. The molecule has 1 saturated heterocycles. The van der Waals surface area contributed by atoms with E-state index >= 15 is 0 Å². The van der Waals surface area contributed by atoms with Gasteiger partial charge in [-0.3, -0.25) is 0 Å². The smallest absolute Gasteiger partial charge is 0.111 e. The van der Waals surface area contributed by atoms with Crippen LogP contribution in [0, 0.1) is 5.41 Å². The first-order valence-electron chi connectivity index (χ1n) is 7.96. The molecule has 0 aromatic carbocycles. The Hall–Kier alpha value is -0.870. The molecule has 0 amide bonds. The molecule has 0 saturated carbocycles. The van der Waals surface area contributed by atoms with Gasteiger partial charge in [-0.15, -0.1) is 0 Å². The Kier molecular flexibility index (Phi) is 3.87. The van der Waals surface area contributed by atoms with Gasteiger partial charge in [0.05, 0.1) is 5.69 Å². The van der Waals surface area contributed by atoms with Crippen LogP contribution in [0.1, 0.15) is 56.7 Å². The topological polar surface area (TPSA) is 39.1 Å². The summed E-state index contributed by atoms with van der Waals surface area (Å²) in [7, 11) is 0. The van der Waals surface area contributed by atoms with Crippen molar-refractivity contribution in [2.45, 2.75) is 59.0 Å². The Morgan fingerprint density at radius 3 is 2.80 bits per heavy atom. The molecule has 0 unspecified atom stereocenters. The molecule has 0 atom stereocenters.